The fourth-order valence-electron chi connectivity index (χ4n) is 1.94. The van der Waals surface area contributed by atoms with Gasteiger partial charge in [-0.1, -0.05) is 6.92 Å². The summed E-state index contributed by atoms with van der Waals surface area (Å²) in [6, 6.07) is -0.201. The lowest BCUT2D eigenvalue weighted by atomic mass is 10.1. The Morgan fingerprint density at radius 1 is 1.56 bits per heavy atom. The fourth-order valence-corrected chi connectivity index (χ4v) is 1.94. The molecule has 0 bridgehead atoms. The third-order valence-electron chi connectivity index (χ3n) is 2.70. The van der Waals surface area contributed by atoms with Crippen LogP contribution in [-0.4, -0.2) is 35.0 Å². The van der Waals surface area contributed by atoms with Gasteiger partial charge < -0.3 is 16.0 Å². The Balaban J connectivity index is 2.31. The van der Waals surface area contributed by atoms with Crippen molar-refractivity contribution in [3.05, 3.63) is 12.4 Å². The summed E-state index contributed by atoms with van der Waals surface area (Å²) in [5.74, 6) is 0.999. The Morgan fingerprint density at radius 3 is 3.00 bits per heavy atom. The van der Waals surface area contributed by atoms with Crippen molar-refractivity contribution in [3.63, 3.8) is 0 Å². The van der Waals surface area contributed by atoms with Crippen molar-refractivity contribution >= 4 is 17.5 Å². The van der Waals surface area contributed by atoms with E-state index in [2.05, 4.69) is 15.3 Å². The molecule has 86 valence electrons. The number of aromatic nitrogens is 2. The van der Waals surface area contributed by atoms with Crippen LogP contribution >= 0.6 is 0 Å². The number of nitrogens with two attached hydrogens (primary N) is 1. The van der Waals surface area contributed by atoms with Gasteiger partial charge in [0.1, 0.15) is 6.04 Å². The summed E-state index contributed by atoms with van der Waals surface area (Å²) in [5, 5.41) is 2.83. The van der Waals surface area contributed by atoms with Crippen LogP contribution in [0.15, 0.2) is 12.4 Å². The van der Waals surface area contributed by atoms with Crippen LogP contribution in [0.25, 0.3) is 0 Å². The highest BCUT2D eigenvalue weighted by molar-refractivity contribution is 5.86. The van der Waals surface area contributed by atoms with Crippen LogP contribution in [0, 0.1) is 0 Å². The molecule has 2 heterocycles. The maximum atomic E-state index is 11.7. The molecule has 1 aliphatic heterocycles. The third kappa shape index (κ3) is 1.78. The van der Waals surface area contributed by atoms with Crippen LogP contribution in [-0.2, 0) is 4.79 Å². The Hall–Kier alpha value is -1.85. The summed E-state index contributed by atoms with van der Waals surface area (Å²) >= 11 is 0. The average Bonchev–Trinajstić information content (AvgIpc) is 2.29. The number of nitrogens with one attached hydrogen (secondary N) is 1. The van der Waals surface area contributed by atoms with E-state index in [1.165, 1.54) is 0 Å². The van der Waals surface area contributed by atoms with Gasteiger partial charge >= 0.3 is 0 Å². The molecule has 1 aromatic heterocycles. The van der Waals surface area contributed by atoms with Crippen molar-refractivity contribution in [2.24, 2.45) is 0 Å². The second kappa shape index (κ2) is 4.34. The van der Waals surface area contributed by atoms with E-state index in [9.17, 15) is 4.79 Å². The highest BCUT2D eigenvalue weighted by atomic mass is 16.2. The average molecular weight is 221 g/mol. The van der Waals surface area contributed by atoms with E-state index in [1.807, 2.05) is 11.8 Å². The number of rotatable bonds is 2. The van der Waals surface area contributed by atoms with Crippen molar-refractivity contribution in [2.75, 3.05) is 23.7 Å². The van der Waals surface area contributed by atoms with E-state index in [1.54, 1.807) is 12.4 Å². The summed E-state index contributed by atoms with van der Waals surface area (Å²) < 4.78 is 0. The van der Waals surface area contributed by atoms with Crippen LogP contribution in [0.3, 0.4) is 0 Å². The molecule has 2 rings (SSSR count). The van der Waals surface area contributed by atoms with Crippen molar-refractivity contribution in [2.45, 2.75) is 19.4 Å². The van der Waals surface area contributed by atoms with Crippen LogP contribution in [0.4, 0.5) is 11.6 Å². The number of amides is 1. The zero-order chi connectivity index (χ0) is 11.5. The Bertz CT molecular complexity index is 395. The molecule has 1 amide bonds. The number of carbonyl (C=O) groups excluding carboxylic acids is 1. The number of nitrogen functional groups attached to an aromatic ring is 1. The number of anilines is 2. The van der Waals surface area contributed by atoms with Gasteiger partial charge in [0.15, 0.2) is 11.6 Å². The van der Waals surface area contributed by atoms with Gasteiger partial charge in [-0.05, 0) is 6.42 Å². The lowest BCUT2D eigenvalue weighted by Crippen LogP contribution is -2.55. The monoisotopic (exact) mass is 221 g/mol. The van der Waals surface area contributed by atoms with E-state index in [0.717, 1.165) is 6.42 Å². The molecule has 1 atom stereocenters. The highest BCUT2D eigenvalue weighted by Crippen LogP contribution is 2.21. The zero-order valence-corrected chi connectivity index (χ0v) is 9.18. The van der Waals surface area contributed by atoms with Crippen LogP contribution in [0.5, 0.6) is 0 Å². The molecule has 3 N–H and O–H groups in total. The second-order valence-corrected chi connectivity index (χ2v) is 3.67. The highest BCUT2D eigenvalue weighted by Gasteiger charge is 2.30. The van der Waals surface area contributed by atoms with E-state index in [4.69, 9.17) is 5.73 Å². The summed E-state index contributed by atoms with van der Waals surface area (Å²) in [5.41, 5.74) is 5.77. The van der Waals surface area contributed by atoms with E-state index in [0.29, 0.717) is 24.7 Å². The molecule has 0 aromatic carbocycles. The fraction of sp³-hybridized carbons (Fsp3) is 0.500. The topological polar surface area (TPSA) is 84.1 Å². The number of hydrogen-bond acceptors (Lipinski definition) is 5. The minimum Gasteiger partial charge on any atom is -0.381 e. The molecule has 6 nitrogen and oxygen atoms in total. The first-order valence-electron chi connectivity index (χ1n) is 5.35. The largest absolute Gasteiger partial charge is 0.381 e. The number of nitrogens with zero attached hydrogens (tertiary/aromatic N) is 3. The van der Waals surface area contributed by atoms with Crippen molar-refractivity contribution < 1.29 is 4.79 Å². The maximum Gasteiger partial charge on any atom is 0.242 e. The van der Waals surface area contributed by atoms with Gasteiger partial charge in [0.05, 0.1) is 0 Å². The molecule has 16 heavy (non-hydrogen) atoms. The van der Waals surface area contributed by atoms with E-state index in [-0.39, 0.29) is 11.9 Å². The van der Waals surface area contributed by atoms with Crippen molar-refractivity contribution in [1.29, 1.82) is 0 Å². The molecule has 6 heteroatoms. The normalized spacial score (nSPS) is 20.7. The quantitative estimate of drug-likeness (QED) is 0.721. The Kier molecular flexibility index (Phi) is 2.89. The number of carbonyl (C=O) groups is 1. The smallest absolute Gasteiger partial charge is 0.242 e. The zero-order valence-electron chi connectivity index (χ0n) is 9.18. The van der Waals surface area contributed by atoms with Crippen LogP contribution in [0.2, 0.25) is 0 Å². The second-order valence-electron chi connectivity index (χ2n) is 3.67. The molecule has 1 aliphatic rings. The lowest BCUT2D eigenvalue weighted by molar-refractivity contribution is -0.123. The number of piperazine rings is 1. The molecular weight excluding hydrogens is 206 g/mol. The lowest BCUT2D eigenvalue weighted by Gasteiger charge is -2.35. The maximum absolute atomic E-state index is 11.7. The van der Waals surface area contributed by atoms with Gasteiger partial charge in [0.25, 0.3) is 0 Å². The molecule has 0 aliphatic carbocycles. The van der Waals surface area contributed by atoms with E-state index >= 15 is 0 Å². The molecule has 0 saturated carbocycles. The van der Waals surface area contributed by atoms with Crippen molar-refractivity contribution in [1.82, 2.24) is 15.3 Å². The van der Waals surface area contributed by atoms with Gasteiger partial charge in [-0.2, -0.15) is 0 Å². The molecule has 1 unspecified atom stereocenters. The summed E-state index contributed by atoms with van der Waals surface area (Å²) in [7, 11) is 0. The van der Waals surface area contributed by atoms with Gasteiger partial charge in [-0.25, -0.2) is 9.97 Å². The summed E-state index contributed by atoms with van der Waals surface area (Å²) in [6.45, 7) is 3.30. The first-order valence-corrected chi connectivity index (χ1v) is 5.35. The third-order valence-corrected chi connectivity index (χ3v) is 2.70. The van der Waals surface area contributed by atoms with Crippen LogP contribution in [0.1, 0.15) is 13.3 Å². The SMILES string of the molecule is CCC1C(=O)NCCN1c1nccnc1N. The predicted octanol–water partition coefficient (Wildman–Crippen LogP) is -0.226. The van der Waals surface area contributed by atoms with Crippen molar-refractivity contribution in [3.8, 4) is 0 Å². The van der Waals surface area contributed by atoms with E-state index < -0.39 is 0 Å². The molecule has 0 radical (unpaired) electrons. The molecular formula is C10H15N5O. The van der Waals surface area contributed by atoms with Gasteiger partial charge in [-0.15, -0.1) is 0 Å². The van der Waals surface area contributed by atoms with Gasteiger partial charge in [0.2, 0.25) is 5.91 Å². The first-order chi connectivity index (χ1) is 7.74. The summed E-state index contributed by atoms with van der Waals surface area (Å²) in [6.07, 6.45) is 3.86. The summed E-state index contributed by atoms with van der Waals surface area (Å²) in [4.78, 5) is 21.8. The van der Waals surface area contributed by atoms with Gasteiger partial charge in [-0.3, -0.25) is 4.79 Å². The first kappa shape index (κ1) is 10.7. The molecule has 1 saturated heterocycles. The predicted molar refractivity (Wildman–Crippen MR) is 60.9 cm³/mol. The van der Waals surface area contributed by atoms with Crippen LogP contribution < -0.4 is 16.0 Å². The molecule has 1 aromatic rings. The minimum atomic E-state index is -0.201. The Morgan fingerprint density at radius 2 is 2.31 bits per heavy atom. The molecule has 0 spiro atoms. The number of hydrogen-bond donors (Lipinski definition) is 2. The van der Waals surface area contributed by atoms with Gasteiger partial charge in [0, 0.05) is 25.5 Å². The standard InChI is InChI=1S/C10H15N5O/c1-2-7-10(16)14-5-6-15(7)9-8(11)12-3-4-13-9/h3-4,7H,2,5-6H2,1H3,(H2,11,12)(H,14,16). The minimum absolute atomic E-state index is 0.0267. The molecule has 1 fully saturated rings. The Labute approximate surface area is 93.9 Å².